The summed E-state index contributed by atoms with van der Waals surface area (Å²) in [5.74, 6) is 0.634. The van der Waals surface area contributed by atoms with Crippen molar-refractivity contribution in [3.8, 4) is 5.75 Å². The van der Waals surface area contributed by atoms with Crippen molar-refractivity contribution in [2.45, 2.75) is 26.9 Å². The van der Waals surface area contributed by atoms with Crippen LogP contribution in [0.15, 0.2) is 67.0 Å². The Bertz CT molecular complexity index is 1210. The van der Waals surface area contributed by atoms with Gasteiger partial charge in [-0.05, 0) is 55.3 Å². The Balaban J connectivity index is 1.42. The number of nitrogens with one attached hydrogen (secondary N) is 1. The molecule has 0 saturated carbocycles. The van der Waals surface area contributed by atoms with Crippen LogP contribution in [0.1, 0.15) is 32.9 Å². The second-order valence-corrected chi connectivity index (χ2v) is 7.52. The van der Waals surface area contributed by atoms with E-state index in [1.54, 1.807) is 24.1 Å². The Kier molecular flexibility index (Phi) is 5.84. The Labute approximate surface area is 181 Å². The summed E-state index contributed by atoms with van der Waals surface area (Å²) in [7, 11) is 1.65. The summed E-state index contributed by atoms with van der Waals surface area (Å²) in [6.07, 6.45) is 3.47. The lowest BCUT2D eigenvalue weighted by Crippen LogP contribution is -2.12. The number of rotatable bonds is 7. The molecule has 0 aliphatic heterocycles. The number of ether oxygens (including phenoxy) is 1. The van der Waals surface area contributed by atoms with E-state index in [9.17, 15) is 4.79 Å². The van der Waals surface area contributed by atoms with Crippen molar-refractivity contribution in [2.75, 3.05) is 12.4 Å². The lowest BCUT2D eigenvalue weighted by atomic mass is 10.1. The first-order valence-corrected chi connectivity index (χ1v) is 10.1. The number of hydrogen-bond donors (Lipinski definition) is 1. The minimum Gasteiger partial charge on any atom is -0.497 e. The largest absolute Gasteiger partial charge is 0.497 e. The van der Waals surface area contributed by atoms with Crippen molar-refractivity contribution in [3.63, 3.8) is 0 Å². The zero-order valence-corrected chi connectivity index (χ0v) is 17.9. The highest BCUT2D eigenvalue weighted by Crippen LogP contribution is 2.16. The molecule has 2 aromatic carbocycles. The van der Waals surface area contributed by atoms with E-state index < -0.39 is 0 Å². The van der Waals surface area contributed by atoms with Crippen LogP contribution in [-0.2, 0) is 13.1 Å². The second kappa shape index (κ2) is 8.87. The number of benzene rings is 2. The van der Waals surface area contributed by atoms with Gasteiger partial charge in [0.15, 0.2) is 0 Å². The molecule has 1 amide bonds. The first kappa shape index (κ1) is 20.4. The number of nitrogens with zero attached hydrogens (tertiary/aromatic N) is 4. The van der Waals surface area contributed by atoms with Gasteiger partial charge in [-0.1, -0.05) is 24.3 Å². The Morgan fingerprint density at radius 3 is 2.55 bits per heavy atom. The van der Waals surface area contributed by atoms with Crippen molar-refractivity contribution in [1.29, 1.82) is 0 Å². The standard InChI is InChI=1S/C24H25N5O2/c1-17-10-18(2)29(27-17)15-19-6-4-8-21(11-19)24(30)26-22-13-25-28(16-22)14-20-7-5-9-23(12-20)31-3/h4-13,16H,14-15H2,1-3H3,(H,26,30). The van der Waals surface area contributed by atoms with Gasteiger partial charge in [0.25, 0.3) is 5.91 Å². The maximum absolute atomic E-state index is 12.8. The van der Waals surface area contributed by atoms with E-state index in [-0.39, 0.29) is 5.91 Å². The number of hydrogen-bond acceptors (Lipinski definition) is 4. The van der Waals surface area contributed by atoms with Crippen LogP contribution in [-0.4, -0.2) is 32.6 Å². The average molecular weight is 415 g/mol. The van der Waals surface area contributed by atoms with Gasteiger partial charge in [0.2, 0.25) is 0 Å². The number of anilines is 1. The van der Waals surface area contributed by atoms with Crippen LogP contribution in [0, 0.1) is 13.8 Å². The van der Waals surface area contributed by atoms with Crippen LogP contribution < -0.4 is 10.1 Å². The fourth-order valence-corrected chi connectivity index (χ4v) is 3.49. The topological polar surface area (TPSA) is 74.0 Å². The summed E-state index contributed by atoms with van der Waals surface area (Å²) >= 11 is 0. The van der Waals surface area contributed by atoms with Crippen molar-refractivity contribution < 1.29 is 9.53 Å². The fraction of sp³-hybridized carbons (Fsp3) is 0.208. The van der Waals surface area contributed by atoms with Gasteiger partial charge in [-0.3, -0.25) is 14.2 Å². The average Bonchev–Trinajstić information content (AvgIpc) is 3.33. The number of methoxy groups -OCH3 is 1. The maximum atomic E-state index is 12.8. The predicted octanol–water partition coefficient (Wildman–Crippen LogP) is 4.05. The molecule has 4 aromatic rings. The monoisotopic (exact) mass is 415 g/mol. The van der Waals surface area contributed by atoms with Crippen molar-refractivity contribution in [2.24, 2.45) is 0 Å². The van der Waals surface area contributed by atoms with Gasteiger partial charge >= 0.3 is 0 Å². The van der Waals surface area contributed by atoms with Gasteiger partial charge in [-0.25, -0.2) is 0 Å². The predicted molar refractivity (Wildman–Crippen MR) is 120 cm³/mol. The smallest absolute Gasteiger partial charge is 0.255 e. The molecule has 158 valence electrons. The lowest BCUT2D eigenvalue weighted by Gasteiger charge is -2.07. The van der Waals surface area contributed by atoms with E-state index in [2.05, 4.69) is 15.5 Å². The molecular weight excluding hydrogens is 390 g/mol. The van der Waals surface area contributed by atoms with Crippen LogP contribution >= 0.6 is 0 Å². The van der Waals surface area contributed by atoms with Crippen LogP contribution in [0.2, 0.25) is 0 Å². The molecular formula is C24H25N5O2. The molecule has 0 aliphatic rings. The van der Waals surface area contributed by atoms with E-state index >= 15 is 0 Å². The highest BCUT2D eigenvalue weighted by molar-refractivity contribution is 6.04. The van der Waals surface area contributed by atoms with Gasteiger partial charge in [-0.2, -0.15) is 10.2 Å². The molecule has 0 fully saturated rings. The Morgan fingerprint density at radius 2 is 1.81 bits per heavy atom. The molecule has 31 heavy (non-hydrogen) atoms. The summed E-state index contributed by atoms with van der Waals surface area (Å²) in [4.78, 5) is 12.8. The number of carbonyl (C=O) groups excluding carboxylic acids is 1. The molecule has 0 spiro atoms. The molecule has 0 radical (unpaired) electrons. The van der Waals surface area contributed by atoms with E-state index in [1.165, 1.54) is 0 Å². The number of aromatic nitrogens is 4. The molecule has 0 atom stereocenters. The maximum Gasteiger partial charge on any atom is 0.255 e. The minimum atomic E-state index is -0.170. The van der Waals surface area contributed by atoms with E-state index in [0.29, 0.717) is 24.3 Å². The molecule has 0 bridgehead atoms. The molecule has 4 rings (SSSR count). The SMILES string of the molecule is COc1cccc(Cn2cc(NC(=O)c3cccc(Cn4nc(C)cc4C)c3)cn2)c1. The molecule has 7 nitrogen and oxygen atoms in total. The zero-order chi connectivity index (χ0) is 21.8. The van der Waals surface area contributed by atoms with Crippen LogP contribution in [0.5, 0.6) is 5.75 Å². The summed E-state index contributed by atoms with van der Waals surface area (Å²) in [5.41, 5.74) is 5.41. The molecule has 0 saturated heterocycles. The van der Waals surface area contributed by atoms with E-state index in [1.807, 2.05) is 73.3 Å². The Hall–Kier alpha value is -3.87. The summed E-state index contributed by atoms with van der Waals surface area (Å²) in [5, 5.41) is 11.8. The molecule has 0 aliphatic carbocycles. The van der Waals surface area contributed by atoms with Crippen LogP contribution in [0.25, 0.3) is 0 Å². The van der Waals surface area contributed by atoms with Gasteiger partial charge in [-0.15, -0.1) is 0 Å². The summed E-state index contributed by atoms with van der Waals surface area (Å²) in [6, 6.07) is 17.5. The first-order valence-electron chi connectivity index (χ1n) is 10.1. The number of aryl methyl sites for hydroxylation is 2. The van der Waals surface area contributed by atoms with Gasteiger partial charge < -0.3 is 10.1 Å². The van der Waals surface area contributed by atoms with Crippen molar-refractivity contribution in [1.82, 2.24) is 19.6 Å². The normalized spacial score (nSPS) is 10.8. The van der Waals surface area contributed by atoms with Gasteiger partial charge in [0, 0.05) is 17.5 Å². The third kappa shape index (κ3) is 5.01. The van der Waals surface area contributed by atoms with Crippen molar-refractivity contribution >= 4 is 11.6 Å². The molecule has 1 N–H and O–H groups in total. The molecule has 2 aromatic heterocycles. The quantitative estimate of drug-likeness (QED) is 0.494. The third-order valence-corrected chi connectivity index (χ3v) is 4.99. The van der Waals surface area contributed by atoms with E-state index in [4.69, 9.17) is 4.74 Å². The highest BCUT2D eigenvalue weighted by atomic mass is 16.5. The molecule has 2 heterocycles. The van der Waals surface area contributed by atoms with Crippen molar-refractivity contribution in [3.05, 3.63) is 95.1 Å². The summed E-state index contributed by atoms with van der Waals surface area (Å²) in [6.45, 7) is 5.21. The molecule has 7 heteroatoms. The molecule has 0 unspecified atom stereocenters. The zero-order valence-electron chi connectivity index (χ0n) is 17.9. The lowest BCUT2D eigenvalue weighted by molar-refractivity contribution is 0.102. The number of carbonyl (C=O) groups is 1. The van der Waals surface area contributed by atoms with E-state index in [0.717, 1.165) is 28.3 Å². The number of amides is 1. The highest BCUT2D eigenvalue weighted by Gasteiger charge is 2.10. The van der Waals surface area contributed by atoms with Crippen LogP contribution in [0.4, 0.5) is 5.69 Å². The fourth-order valence-electron chi connectivity index (χ4n) is 3.49. The van der Waals surface area contributed by atoms with Gasteiger partial charge in [0.1, 0.15) is 5.75 Å². The second-order valence-electron chi connectivity index (χ2n) is 7.52. The van der Waals surface area contributed by atoms with Crippen LogP contribution in [0.3, 0.4) is 0 Å². The minimum absolute atomic E-state index is 0.170. The van der Waals surface area contributed by atoms with Gasteiger partial charge in [0.05, 0.1) is 37.8 Å². The summed E-state index contributed by atoms with van der Waals surface area (Å²) < 4.78 is 8.98. The Morgan fingerprint density at radius 1 is 1.03 bits per heavy atom. The third-order valence-electron chi connectivity index (χ3n) is 4.99. The first-order chi connectivity index (χ1) is 15.0.